The number of nitriles is 1. The number of halogens is 4. The smallest absolute Gasteiger partial charge is 0.405 e. The Morgan fingerprint density at radius 3 is 2.32 bits per heavy atom. The van der Waals surface area contributed by atoms with Gasteiger partial charge in [0.05, 0.1) is 17.0 Å². The summed E-state index contributed by atoms with van der Waals surface area (Å²) >= 11 is 0. The molecule has 0 radical (unpaired) electrons. The second kappa shape index (κ2) is 12.8. The molecule has 4 aromatic rings. The van der Waals surface area contributed by atoms with Crippen LogP contribution in [0.4, 0.5) is 23.4 Å². The van der Waals surface area contributed by atoms with E-state index in [1.807, 2.05) is 13.8 Å². The Balaban J connectivity index is 0.00000216. The van der Waals surface area contributed by atoms with E-state index >= 15 is 0 Å². The minimum Gasteiger partial charge on any atom is -0.437 e. The van der Waals surface area contributed by atoms with Crippen LogP contribution in [-0.4, -0.2) is 42.1 Å². The summed E-state index contributed by atoms with van der Waals surface area (Å²) in [5, 5.41) is 17.4. The van der Waals surface area contributed by atoms with E-state index in [1.165, 1.54) is 49.5 Å². The van der Waals surface area contributed by atoms with E-state index in [0.29, 0.717) is 11.1 Å². The van der Waals surface area contributed by atoms with E-state index in [1.54, 1.807) is 19.1 Å². The molecule has 8 nitrogen and oxygen atoms in total. The van der Waals surface area contributed by atoms with Crippen molar-refractivity contribution in [2.24, 2.45) is 5.92 Å². The summed E-state index contributed by atoms with van der Waals surface area (Å²) in [5.41, 5.74) is -0.0788. The van der Waals surface area contributed by atoms with Crippen molar-refractivity contribution in [2.75, 3.05) is 18.9 Å². The molecular weight excluding hydrogens is 578 g/mol. The van der Waals surface area contributed by atoms with Crippen LogP contribution in [0.5, 0.6) is 0 Å². The molecule has 0 aliphatic heterocycles. The fourth-order valence-corrected chi connectivity index (χ4v) is 4.74. The number of fused-ring (bicyclic) bond motifs is 1. The molecule has 1 saturated carbocycles. The lowest BCUT2D eigenvalue weighted by atomic mass is 9.96. The normalized spacial score (nSPS) is 14.1. The second-order valence-electron chi connectivity index (χ2n) is 10.2. The molecule has 0 bridgehead atoms. The number of hydrogen-bond donors (Lipinski definition) is 3. The highest BCUT2D eigenvalue weighted by atomic mass is 19.4. The van der Waals surface area contributed by atoms with E-state index in [9.17, 15) is 32.4 Å². The molecule has 2 amide bonds. The van der Waals surface area contributed by atoms with Crippen LogP contribution in [0.25, 0.3) is 33.6 Å². The van der Waals surface area contributed by atoms with Crippen LogP contribution in [0.3, 0.4) is 0 Å². The van der Waals surface area contributed by atoms with Gasteiger partial charge in [0.1, 0.15) is 29.5 Å². The summed E-state index contributed by atoms with van der Waals surface area (Å²) < 4.78 is 59.1. The number of aromatic nitrogens is 1. The lowest BCUT2D eigenvalue weighted by molar-refractivity contribution is -0.115. The molecule has 0 saturated heterocycles. The first-order chi connectivity index (χ1) is 20.9. The molecule has 230 valence electrons. The summed E-state index contributed by atoms with van der Waals surface area (Å²) in [6.45, 7) is 4.25. The largest absolute Gasteiger partial charge is 0.437 e. The molecule has 1 aliphatic rings. The molecule has 1 atom stereocenters. The molecule has 2 aromatic heterocycles. The van der Waals surface area contributed by atoms with Crippen molar-refractivity contribution in [1.29, 1.82) is 5.26 Å². The van der Waals surface area contributed by atoms with Crippen LogP contribution in [0.15, 0.2) is 59.0 Å². The maximum absolute atomic E-state index is 13.6. The molecular formula is C32H31F4N5O3. The topological polar surface area (TPSA) is 120 Å². The van der Waals surface area contributed by atoms with Crippen LogP contribution < -0.4 is 16.0 Å². The van der Waals surface area contributed by atoms with E-state index in [4.69, 9.17) is 4.42 Å². The molecule has 1 unspecified atom stereocenters. The molecule has 1 aliphatic carbocycles. The van der Waals surface area contributed by atoms with Crippen LogP contribution in [0, 0.1) is 23.1 Å². The van der Waals surface area contributed by atoms with E-state index in [-0.39, 0.29) is 45.3 Å². The van der Waals surface area contributed by atoms with E-state index in [2.05, 4.69) is 27.0 Å². The fraction of sp³-hybridized carbons (Fsp3) is 0.312. The molecule has 3 N–H and O–H groups in total. The first kappa shape index (κ1) is 32.0. The van der Waals surface area contributed by atoms with Gasteiger partial charge in [-0.1, -0.05) is 26.0 Å². The Kier molecular flexibility index (Phi) is 9.27. The van der Waals surface area contributed by atoms with Gasteiger partial charge in [0.2, 0.25) is 5.71 Å². The lowest BCUT2D eigenvalue weighted by Gasteiger charge is -2.23. The lowest BCUT2D eigenvalue weighted by Crippen LogP contribution is -2.46. The summed E-state index contributed by atoms with van der Waals surface area (Å²) in [4.78, 5) is 30.4. The van der Waals surface area contributed by atoms with Gasteiger partial charge in [-0.15, -0.1) is 0 Å². The standard InChI is InChI=1S/C30H25F4N5O3.C2H6/c1-29(14-35,19-8-9-19)39-26(40)18-5-3-4-17(12-18)21-13-22-23(27(41)36-2)24(16-6-10-20(31)11-7-16)42-28(22)38-25(21)37-15-30(32,33)34;1-2/h3-7,10-13,19H,8-9,15H2,1-2H3,(H,36,41)(H,37,38)(H,39,40);1-2H3. The number of carbonyl (C=O) groups is 2. The van der Waals surface area contributed by atoms with Crippen molar-refractivity contribution in [3.63, 3.8) is 0 Å². The van der Waals surface area contributed by atoms with E-state index < -0.39 is 35.9 Å². The zero-order valence-corrected chi connectivity index (χ0v) is 24.5. The number of hydrogen-bond acceptors (Lipinski definition) is 6. The Hall–Kier alpha value is -4.92. The third-order valence-electron chi connectivity index (χ3n) is 7.13. The van der Waals surface area contributed by atoms with Crippen LogP contribution in [0.1, 0.15) is 54.3 Å². The number of alkyl halides is 3. The summed E-state index contributed by atoms with van der Waals surface area (Å²) in [7, 11) is 1.40. The number of rotatable bonds is 8. The number of nitrogens with zero attached hydrogens (tertiary/aromatic N) is 2. The Bertz CT molecular complexity index is 1720. The van der Waals surface area contributed by atoms with Gasteiger partial charge in [-0.05, 0) is 73.7 Å². The third-order valence-corrected chi connectivity index (χ3v) is 7.13. The van der Waals surface area contributed by atoms with Gasteiger partial charge in [0, 0.05) is 23.7 Å². The predicted molar refractivity (Wildman–Crippen MR) is 158 cm³/mol. The highest BCUT2D eigenvalue weighted by Crippen LogP contribution is 2.40. The minimum absolute atomic E-state index is 0.0407. The number of carbonyl (C=O) groups excluding carboxylic acids is 2. The average Bonchev–Trinajstić information content (AvgIpc) is 3.82. The van der Waals surface area contributed by atoms with Crippen molar-refractivity contribution in [3.8, 4) is 28.5 Å². The maximum Gasteiger partial charge on any atom is 0.405 e. The quantitative estimate of drug-likeness (QED) is 0.184. The summed E-state index contributed by atoms with van der Waals surface area (Å²) in [6.07, 6.45) is -2.93. The number of benzene rings is 2. The van der Waals surface area contributed by atoms with Crippen molar-refractivity contribution in [3.05, 3.63) is 71.5 Å². The molecule has 44 heavy (non-hydrogen) atoms. The van der Waals surface area contributed by atoms with Crippen LogP contribution in [0.2, 0.25) is 0 Å². The van der Waals surface area contributed by atoms with Crippen LogP contribution >= 0.6 is 0 Å². The van der Waals surface area contributed by atoms with Gasteiger partial charge in [0.25, 0.3) is 11.8 Å². The number of nitrogens with one attached hydrogen (secondary N) is 3. The SMILES string of the molecule is CC.CNC(=O)c1c(-c2ccc(F)cc2)oc2nc(NCC(F)(F)F)c(-c3cccc(C(=O)NC(C)(C#N)C4CC4)c3)cc12. The van der Waals surface area contributed by atoms with E-state index in [0.717, 1.165) is 12.8 Å². The van der Waals surface area contributed by atoms with Gasteiger partial charge >= 0.3 is 6.18 Å². The van der Waals surface area contributed by atoms with Crippen LogP contribution in [-0.2, 0) is 0 Å². The van der Waals surface area contributed by atoms with Gasteiger partial charge in [-0.3, -0.25) is 9.59 Å². The Labute approximate surface area is 251 Å². The van der Waals surface area contributed by atoms with Gasteiger partial charge in [-0.2, -0.15) is 23.4 Å². The van der Waals surface area contributed by atoms with Gasteiger partial charge in [-0.25, -0.2) is 4.39 Å². The minimum atomic E-state index is -4.57. The zero-order chi connectivity index (χ0) is 32.2. The predicted octanol–water partition coefficient (Wildman–Crippen LogP) is 7.08. The highest BCUT2D eigenvalue weighted by molar-refractivity contribution is 6.11. The summed E-state index contributed by atoms with van der Waals surface area (Å²) in [5.74, 6) is -1.68. The third kappa shape index (κ3) is 6.83. The number of furan rings is 1. The zero-order valence-electron chi connectivity index (χ0n) is 24.5. The Morgan fingerprint density at radius 2 is 1.73 bits per heavy atom. The average molecular weight is 610 g/mol. The highest BCUT2D eigenvalue weighted by Gasteiger charge is 2.43. The van der Waals surface area contributed by atoms with Crippen molar-refractivity contribution >= 4 is 28.7 Å². The number of anilines is 1. The second-order valence-corrected chi connectivity index (χ2v) is 10.2. The van der Waals surface area contributed by atoms with Gasteiger partial charge < -0.3 is 20.4 Å². The Morgan fingerprint density at radius 1 is 1.05 bits per heavy atom. The first-order valence-corrected chi connectivity index (χ1v) is 14.0. The van der Waals surface area contributed by atoms with Crippen molar-refractivity contribution in [1.82, 2.24) is 15.6 Å². The molecule has 12 heteroatoms. The molecule has 2 heterocycles. The van der Waals surface area contributed by atoms with Crippen molar-refractivity contribution in [2.45, 2.75) is 45.3 Å². The molecule has 0 spiro atoms. The monoisotopic (exact) mass is 609 g/mol. The number of amides is 2. The fourth-order valence-electron chi connectivity index (χ4n) is 4.74. The molecule has 5 rings (SSSR count). The molecule has 2 aromatic carbocycles. The summed E-state index contributed by atoms with van der Waals surface area (Å²) in [6, 6.07) is 14.9. The van der Waals surface area contributed by atoms with Gasteiger partial charge in [0.15, 0.2) is 0 Å². The first-order valence-electron chi connectivity index (χ1n) is 14.0. The maximum atomic E-state index is 13.6. The molecule has 1 fully saturated rings. The number of pyridine rings is 1. The van der Waals surface area contributed by atoms with Crippen molar-refractivity contribution < 1.29 is 31.6 Å².